The second kappa shape index (κ2) is 9.97. The number of aromatic nitrogens is 1. The summed E-state index contributed by atoms with van der Waals surface area (Å²) in [6.45, 7) is 3.78. The van der Waals surface area contributed by atoms with E-state index in [9.17, 15) is 4.79 Å². The summed E-state index contributed by atoms with van der Waals surface area (Å²) in [5.41, 5.74) is 0.677. The van der Waals surface area contributed by atoms with Crippen LogP contribution in [0.1, 0.15) is 6.92 Å². The number of benzene rings is 1. The molecule has 2 aromatic rings. The molecule has 1 aliphatic heterocycles. The summed E-state index contributed by atoms with van der Waals surface area (Å²) in [7, 11) is 0. The van der Waals surface area contributed by atoms with Crippen LogP contribution >= 0.6 is 40.7 Å². The molecule has 1 unspecified atom stereocenters. The van der Waals surface area contributed by atoms with Crippen LogP contribution in [0.25, 0.3) is 0 Å². The number of halogens is 3. The Morgan fingerprint density at radius 1 is 1.32 bits per heavy atom. The van der Waals surface area contributed by atoms with Crippen molar-refractivity contribution in [1.82, 2.24) is 10.3 Å². The molecular formula is C17H20BrCl2N3O2. The zero-order valence-electron chi connectivity index (χ0n) is 13.6. The maximum Gasteiger partial charge on any atom is 0.227 e. The minimum absolute atomic E-state index is 0. The number of anilines is 1. The number of hydrogen-bond donors (Lipinski definition) is 2. The van der Waals surface area contributed by atoms with Gasteiger partial charge in [0.05, 0.1) is 11.9 Å². The van der Waals surface area contributed by atoms with E-state index in [4.69, 9.17) is 4.74 Å². The third kappa shape index (κ3) is 5.85. The molecule has 0 aliphatic carbocycles. The minimum atomic E-state index is -0.00570. The summed E-state index contributed by atoms with van der Waals surface area (Å²) in [5, 5.41) is 6.08. The van der Waals surface area contributed by atoms with Crippen molar-refractivity contribution in [3.8, 4) is 11.6 Å². The summed E-state index contributed by atoms with van der Waals surface area (Å²) in [5.74, 6) is 1.63. The second-order valence-corrected chi connectivity index (χ2v) is 6.56. The molecule has 1 aromatic carbocycles. The van der Waals surface area contributed by atoms with Gasteiger partial charge in [-0.3, -0.25) is 4.79 Å². The molecule has 0 saturated carbocycles. The van der Waals surface area contributed by atoms with E-state index >= 15 is 0 Å². The Kier molecular flexibility index (Phi) is 8.65. The van der Waals surface area contributed by atoms with Crippen LogP contribution in [0.3, 0.4) is 0 Å². The van der Waals surface area contributed by atoms with Crippen LogP contribution in [-0.2, 0) is 4.79 Å². The van der Waals surface area contributed by atoms with Crippen molar-refractivity contribution in [2.45, 2.75) is 6.92 Å². The highest BCUT2D eigenvalue weighted by atomic mass is 79.9. The first-order chi connectivity index (χ1) is 11.1. The zero-order valence-corrected chi connectivity index (χ0v) is 16.8. The maximum atomic E-state index is 12.2. The van der Waals surface area contributed by atoms with E-state index in [1.54, 1.807) is 18.3 Å². The van der Waals surface area contributed by atoms with E-state index in [2.05, 4.69) is 31.5 Å². The number of nitrogens with zero attached hydrogens (tertiary/aromatic N) is 1. The fourth-order valence-electron chi connectivity index (χ4n) is 2.30. The second-order valence-electron chi connectivity index (χ2n) is 5.64. The van der Waals surface area contributed by atoms with Gasteiger partial charge in [0.25, 0.3) is 0 Å². The zero-order chi connectivity index (χ0) is 16.2. The predicted octanol–water partition coefficient (Wildman–Crippen LogP) is 4.27. The van der Waals surface area contributed by atoms with Crippen molar-refractivity contribution in [2.75, 3.05) is 18.4 Å². The van der Waals surface area contributed by atoms with E-state index in [0.29, 0.717) is 23.2 Å². The van der Waals surface area contributed by atoms with Crippen molar-refractivity contribution in [2.24, 2.45) is 11.8 Å². The lowest BCUT2D eigenvalue weighted by molar-refractivity contribution is -0.121. The molecule has 1 aromatic heterocycles. The fraction of sp³-hybridized carbons (Fsp3) is 0.294. The maximum absolute atomic E-state index is 12.2. The van der Waals surface area contributed by atoms with E-state index in [0.717, 1.165) is 17.6 Å². The van der Waals surface area contributed by atoms with Gasteiger partial charge in [-0.2, -0.15) is 0 Å². The lowest BCUT2D eigenvalue weighted by Gasteiger charge is -2.31. The number of carbonyl (C=O) groups is 1. The lowest BCUT2D eigenvalue weighted by atomic mass is 9.88. The lowest BCUT2D eigenvalue weighted by Crippen LogP contribution is -2.48. The molecule has 2 N–H and O–H groups in total. The van der Waals surface area contributed by atoms with Crippen LogP contribution < -0.4 is 15.4 Å². The van der Waals surface area contributed by atoms with Crippen molar-refractivity contribution in [1.29, 1.82) is 0 Å². The standard InChI is InChI=1S/C17H18BrN3O2.2ClH/c1-11(12-8-19-9-12)17(22)21-14-5-6-16(20-10-14)23-15-4-2-3-13(18)7-15;;/h2-7,10-12,19H,8-9H2,1H3,(H,21,22);2*1H. The van der Waals surface area contributed by atoms with Crippen LogP contribution in [-0.4, -0.2) is 24.0 Å². The third-order valence-electron chi connectivity index (χ3n) is 3.96. The number of hydrogen-bond acceptors (Lipinski definition) is 4. The Balaban J connectivity index is 0.00000156. The van der Waals surface area contributed by atoms with Gasteiger partial charge >= 0.3 is 0 Å². The van der Waals surface area contributed by atoms with E-state index in [-0.39, 0.29) is 36.6 Å². The largest absolute Gasteiger partial charge is 0.439 e. The molecule has 1 aliphatic rings. The van der Waals surface area contributed by atoms with Crippen molar-refractivity contribution >= 4 is 52.3 Å². The van der Waals surface area contributed by atoms with Crippen molar-refractivity contribution in [3.05, 3.63) is 47.1 Å². The number of pyridine rings is 1. The first-order valence-corrected chi connectivity index (χ1v) is 8.32. The Morgan fingerprint density at radius 2 is 2.08 bits per heavy atom. The van der Waals surface area contributed by atoms with Crippen LogP contribution in [0.5, 0.6) is 11.6 Å². The van der Waals surface area contributed by atoms with E-state index < -0.39 is 0 Å². The van der Waals surface area contributed by atoms with Gasteiger partial charge in [0, 0.05) is 16.5 Å². The van der Waals surface area contributed by atoms with E-state index in [1.165, 1.54) is 0 Å². The average Bonchev–Trinajstić information content (AvgIpc) is 2.47. The molecule has 0 spiro atoms. The highest BCUT2D eigenvalue weighted by molar-refractivity contribution is 9.10. The summed E-state index contributed by atoms with van der Waals surface area (Å²) in [4.78, 5) is 16.4. The molecule has 25 heavy (non-hydrogen) atoms. The number of carbonyl (C=O) groups excluding carboxylic acids is 1. The summed E-state index contributed by atoms with van der Waals surface area (Å²) >= 11 is 3.40. The molecule has 0 radical (unpaired) electrons. The van der Waals surface area contributed by atoms with E-state index in [1.807, 2.05) is 31.2 Å². The third-order valence-corrected chi connectivity index (χ3v) is 4.45. The summed E-state index contributed by atoms with van der Waals surface area (Å²) in [6, 6.07) is 11.1. The van der Waals surface area contributed by atoms with Gasteiger partial charge in [-0.25, -0.2) is 4.98 Å². The molecule has 1 fully saturated rings. The summed E-state index contributed by atoms with van der Waals surface area (Å²) in [6.07, 6.45) is 1.61. The molecule has 136 valence electrons. The van der Waals surface area contributed by atoms with Crippen LogP contribution in [0.2, 0.25) is 0 Å². The molecule has 8 heteroatoms. The predicted molar refractivity (Wildman–Crippen MR) is 107 cm³/mol. The van der Waals surface area contributed by atoms with Gasteiger partial charge in [0.1, 0.15) is 5.75 Å². The Hall–Kier alpha value is -1.34. The molecule has 2 heterocycles. The topological polar surface area (TPSA) is 63.2 Å². The van der Waals surface area contributed by atoms with Gasteiger partial charge < -0.3 is 15.4 Å². The summed E-state index contributed by atoms with van der Waals surface area (Å²) < 4.78 is 6.61. The SMILES string of the molecule is CC(C(=O)Nc1ccc(Oc2cccc(Br)c2)nc1)C1CNC1.Cl.Cl. The van der Waals surface area contributed by atoms with Gasteiger partial charge in [-0.1, -0.05) is 28.9 Å². The molecule has 1 saturated heterocycles. The fourth-order valence-corrected chi connectivity index (χ4v) is 2.68. The molecule has 0 bridgehead atoms. The highest BCUT2D eigenvalue weighted by Crippen LogP contribution is 2.24. The Labute approximate surface area is 167 Å². The van der Waals surface area contributed by atoms with Crippen LogP contribution in [0.15, 0.2) is 47.1 Å². The first kappa shape index (κ1) is 21.7. The molecular weight excluding hydrogens is 429 g/mol. The Bertz CT molecular complexity index is 697. The number of nitrogens with one attached hydrogen (secondary N) is 2. The average molecular weight is 449 g/mol. The molecule has 3 rings (SSSR count). The van der Waals surface area contributed by atoms with Crippen LogP contribution in [0.4, 0.5) is 5.69 Å². The van der Waals surface area contributed by atoms with Gasteiger partial charge in [0.15, 0.2) is 0 Å². The smallest absolute Gasteiger partial charge is 0.227 e. The van der Waals surface area contributed by atoms with Crippen LogP contribution in [0, 0.1) is 11.8 Å². The molecule has 5 nitrogen and oxygen atoms in total. The molecule has 1 atom stereocenters. The van der Waals surface area contributed by atoms with Gasteiger partial charge in [0.2, 0.25) is 11.8 Å². The number of ether oxygens (including phenoxy) is 1. The van der Waals surface area contributed by atoms with Gasteiger partial charge in [-0.15, -0.1) is 24.8 Å². The van der Waals surface area contributed by atoms with Crippen molar-refractivity contribution in [3.63, 3.8) is 0 Å². The minimum Gasteiger partial charge on any atom is -0.439 e. The number of amides is 1. The first-order valence-electron chi connectivity index (χ1n) is 7.53. The normalized spacial score (nSPS) is 14.3. The van der Waals surface area contributed by atoms with Gasteiger partial charge in [-0.05, 0) is 43.3 Å². The Morgan fingerprint density at radius 3 is 2.64 bits per heavy atom. The highest BCUT2D eigenvalue weighted by Gasteiger charge is 2.28. The quantitative estimate of drug-likeness (QED) is 0.716. The molecule has 1 amide bonds. The van der Waals surface area contributed by atoms with Crippen molar-refractivity contribution < 1.29 is 9.53 Å². The monoisotopic (exact) mass is 447 g/mol. The number of rotatable bonds is 5.